The molecule has 2 aliphatic heterocycles. The Morgan fingerprint density at radius 1 is 0.366 bits per heavy atom. The Morgan fingerprint density at radius 3 is 1.11 bits per heavy atom. The van der Waals surface area contributed by atoms with E-state index in [4.69, 9.17) is 11.6 Å². The molecule has 11 rings (SSSR count). The summed E-state index contributed by atoms with van der Waals surface area (Å²) in [5.41, 5.74) is 23.2. The van der Waals surface area contributed by atoms with Crippen molar-refractivity contribution in [3.63, 3.8) is 0 Å². The largest absolute Gasteiger partial charge is 0.309 e. The van der Waals surface area contributed by atoms with Gasteiger partial charge in [-0.3, -0.25) is 0 Å². The van der Waals surface area contributed by atoms with Gasteiger partial charge < -0.3 is 9.80 Å². The Labute approximate surface area is 434 Å². The minimum absolute atomic E-state index is 0.117. The minimum atomic E-state index is -0.228. The minimum Gasteiger partial charge on any atom is -0.309 e. The summed E-state index contributed by atoms with van der Waals surface area (Å²) < 4.78 is 1.04. The lowest BCUT2D eigenvalue weighted by atomic mass is 9.73. The summed E-state index contributed by atoms with van der Waals surface area (Å²) in [6, 6.07) is 72.3. The zero-order valence-electron chi connectivity index (χ0n) is 42.2. The summed E-state index contributed by atoms with van der Waals surface area (Å²) in [6.45, 7) is 21.0. The molecule has 0 aromatic heterocycles. The lowest BCUT2D eigenvalue weighted by Gasteiger charge is -2.47. The first kappa shape index (κ1) is 46.7. The molecular formula is C67H60BrClN2. The van der Waals surface area contributed by atoms with Crippen molar-refractivity contribution >= 4 is 61.7 Å². The van der Waals surface area contributed by atoms with Gasteiger partial charge in [0.15, 0.2) is 0 Å². The molecule has 0 aliphatic carbocycles. The fourth-order valence-corrected chi connectivity index (χ4v) is 11.4. The quantitative estimate of drug-likeness (QED) is 0.164. The first-order chi connectivity index (χ1) is 34.0. The van der Waals surface area contributed by atoms with Crippen LogP contribution in [0.2, 0.25) is 5.02 Å². The van der Waals surface area contributed by atoms with Crippen LogP contribution in [0.5, 0.6) is 0 Å². The number of rotatable bonds is 6. The van der Waals surface area contributed by atoms with Crippen LogP contribution in [0, 0.1) is 0 Å². The Balaban J connectivity index is 1.34. The molecule has 1 unspecified atom stereocenters. The van der Waals surface area contributed by atoms with Crippen molar-refractivity contribution in [2.24, 2.45) is 0 Å². The normalized spacial score (nSPS) is 14.2. The summed E-state index contributed by atoms with van der Waals surface area (Å²) in [7, 11) is 0. The Bertz CT molecular complexity index is 3370. The van der Waals surface area contributed by atoms with Crippen LogP contribution in [-0.2, 0) is 16.2 Å². The summed E-state index contributed by atoms with van der Waals surface area (Å²) in [6.07, 6.45) is 0. The highest BCUT2D eigenvalue weighted by molar-refractivity contribution is 9.10. The van der Waals surface area contributed by atoms with Crippen molar-refractivity contribution in [2.45, 2.75) is 84.5 Å². The maximum Gasteiger partial charge on any atom is 0.0618 e. The zero-order chi connectivity index (χ0) is 49.6. The molecule has 0 N–H and O–H groups in total. The molecule has 352 valence electrons. The van der Waals surface area contributed by atoms with Crippen molar-refractivity contribution in [3.8, 4) is 44.5 Å². The van der Waals surface area contributed by atoms with E-state index < -0.39 is 0 Å². The predicted octanol–water partition coefficient (Wildman–Crippen LogP) is 20.4. The van der Waals surface area contributed by atoms with Gasteiger partial charge in [-0.2, -0.15) is 0 Å². The molecule has 9 aromatic rings. The van der Waals surface area contributed by atoms with Gasteiger partial charge in [0.2, 0.25) is 0 Å². The van der Waals surface area contributed by atoms with E-state index in [2.05, 4.69) is 282 Å². The van der Waals surface area contributed by atoms with Crippen LogP contribution < -0.4 is 9.80 Å². The molecule has 0 fully saturated rings. The van der Waals surface area contributed by atoms with E-state index in [-0.39, 0.29) is 22.2 Å². The van der Waals surface area contributed by atoms with Crippen LogP contribution in [0.4, 0.5) is 34.1 Å². The van der Waals surface area contributed by atoms with Gasteiger partial charge in [-0.25, -0.2) is 0 Å². The predicted molar refractivity (Wildman–Crippen MR) is 307 cm³/mol. The zero-order valence-corrected chi connectivity index (χ0v) is 44.5. The number of fused-ring (bicyclic) bond motifs is 4. The Morgan fingerprint density at radius 2 is 0.732 bits per heavy atom. The molecular weight excluding hydrogens is 948 g/mol. The van der Waals surface area contributed by atoms with E-state index in [1.165, 1.54) is 72.4 Å². The molecule has 0 bridgehead atoms. The van der Waals surface area contributed by atoms with Crippen LogP contribution in [0.1, 0.15) is 102 Å². The van der Waals surface area contributed by atoms with Crippen LogP contribution in [0.15, 0.2) is 199 Å². The van der Waals surface area contributed by atoms with E-state index in [9.17, 15) is 0 Å². The van der Waals surface area contributed by atoms with E-state index in [1.54, 1.807) is 0 Å². The molecule has 2 nitrogen and oxygen atoms in total. The summed E-state index contributed by atoms with van der Waals surface area (Å²) >= 11 is 11.3. The highest BCUT2D eigenvalue weighted by Gasteiger charge is 2.44. The third-order valence-electron chi connectivity index (χ3n) is 14.6. The van der Waals surface area contributed by atoms with E-state index in [1.807, 2.05) is 0 Å². The lowest BCUT2D eigenvalue weighted by Crippen LogP contribution is -2.31. The van der Waals surface area contributed by atoms with Gasteiger partial charge in [-0.1, -0.05) is 217 Å². The molecule has 0 saturated carbocycles. The van der Waals surface area contributed by atoms with Crippen molar-refractivity contribution in [2.75, 3.05) is 9.80 Å². The van der Waals surface area contributed by atoms with Crippen LogP contribution >= 0.6 is 27.5 Å². The van der Waals surface area contributed by atoms with Crippen molar-refractivity contribution in [3.05, 3.63) is 237 Å². The number of anilines is 6. The maximum atomic E-state index is 7.28. The summed E-state index contributed by atoms with van der Waals surface area (Å²) in [5.74, 6) is -0.121. The molecule has 0 saturated heterocycles. The van der Waals surface area contributed by atoms with Crippen LogP contribution in [0.25, 0.3) is 44.5 Å². The molecule has 1 atom stereocenters. The topological polar surface area (TPSA) is 6.48 Å². The number of halogens is 2. The number of hydrogen-bond acceptors (Lipinski definition) is 2. The molecule has 4 heteroatoms. The molecule has 2 aliphatic rings. The van der Waals surface area contributed by atoms with Gasteiger partial charge in [0.1, 0.15) is 0 Å². The summed E-state index contributed by atoms with van der Waals surface area (Å²) in [5, 5.41) is 0.698. The van der Waals surface area contributed by atoms with E-state index in [0.717, 1.165) is 44.0 Å². The standard InChI is InChI=1S/C67H60BrClN2/c1-65(2,3)46-34-52(42-22-14-10-15-23-42)63(53(35-46)43-24-16-11-17-25-43)70-57-33-30-49(68)40-56(57)61-51-32-31-50(69)41-58(51)71(60-39-48(67(7,8)9)38-59(70)62(60)61)64-54(44-26-18-12-19-27-44)36-47(66(4,5)6)37-55(64)45-28-20-13-21-29-45/h10-41,61H,1-9H3. The first-order valence-electron chi connectivity index (χ1n) is 24.9. The van der Waals surface area contributed by atoms with Crippen LogP contribution in [-0.4, -0.2) is 0 Å². The van der Waals surface area contributed by atoms with Gasteiger partial charge in [0, 0.05) is 43.2 Å². The number of hydrogen-bond donors (Lipinski definition) is 0. The highest BCUT2D eigenvalue weighted by Crippen LogP contribution is 2.64. The fraction of sp³-hybridized carbons (Fsp3) is 0.194. The second kappa shape index (κ2) is 17.6. The SMILES string of the molecule is CC(C)(C)c1cc(-c2ccccc2)c(N2c3ccc(Br)cc3C3c4ccc(Cl)cc4N(c4c(-c5ccccc5)cc(C(C)(C)C)cc4-c4ccccc4)c4cc(C(C)(C)C)cc2c43)c(-c2ccccc2)c1. The van der Waals surface area contributed by atoms with Crippen molar-refractivity contribution < 1.29 is 0 Å². The van der Waals surface area contributed by atoms with Gasteiger partial charge in [-0.15, -0.1) is 0 Å². The molecule has 9 aromatic carbocycles. The average Bonchev–Trinajstić information content (AvgIpc) is 3.36. The molecule has 0 spiro atoms. The molecule has 71 heavy (non-hydrogen) atoms. The number of nitrogens with zero attached hydrogens (tertiary/aromatic N) is 2. The van der Waals surface area contributed by atoms with Gasteiger partial charge >= 0.3 is 0 Å². The molecule has 2 heterocycles. The fourth-order valence-electron chi connectivity index (χ4n) is 10.8. The Hall–Kier alpha value is -6.65. The molecule has 0 amide bonds. The van der Waals surface area contributed by atoms with Crippen LogP contribution in [0.3, 0.4) is 0 Å². The highest BCUT2D eigenvalue weighted by atomic mass is 79.9. The third-order valence-corrected chi connectivity index (χ3v) is 15.3. The second-order valence-electron chi connectivity index (χ2n) is 22.5. The first-order valence-corrected chi connectivity index (χ1v) is 26.1. The van der Waals surface area contributed by atoms with Gasteiger partial charge in [0.25, 0.3) is 0 Å². The summed E-state index contributed by atoms with van der Waals surface area (Å²) in [4.78, 5) is 5.21. The van der Waals surface area contributed by atoms with Gasteiger partial charge in [-0.05, 0) is 133 Å². The lowest BCUT2D eigenvalue weighted by molar-refractivity contribution is 0.589. The van der Waals surface area contributed by atoms with Crippen molar-refractivity contribution in [1.29, 1.82) is 0 Å². The van der Waals surface area contributed by atoms with E-state index >= 15 is 0 Å². The van der Waals surface area contributed by atoms with Crippen molar-refractivity contribution in [1.82, 2.24) is 0 Å². The third kappa shape index (κ3) is 8.31. The van der Waals surface area contributed by atoms with E-state index in [0.29, 0.717) is 5.02 Å². The number of benzene rings is 9. The van der Waals surface area contributed by atoms with Gasteiger partial charge in [0.05, 0.1) is 34.1 Å². The monoisotopic (exact) mass is 1010 g/mol. The molecule has 0 radical (unpaired) electrons. The average molecular weight is 1010 g/mol. The smallest absolute Gasteiger partial charge is 0.0618 e. The Kier molecular flexibility index (Phi) is 11.6. The maximum absolute atomic E-state index is 7.28. The second-order valence-corrected chi connectivity index (χ2v) is 23.8.